The Balaban J connectivity index is 0.000000136. The molecule has 6 heterocycles. The number of allylic oxidation sites excluding steroid dienone is 2. The number of nitriles is 2. The summed E-state index contributed by atoms with van der Waals surface area (Å²) < 4.78 is 18.5. The number of fused-ring (bicyclic) bond motifs is 9. The van der Waals surface area contributed by atoms with Gasteiger partial charge in [0.1, 0.15) is 16.6 Å². The molecule has 12 nitrogen and oxygen atoms in total. The molecule has 0 amide bonds. The monoisotopic (exact) mass is 1150 g/mol. The molecular formula is C75H74N8O4. The second-order valence-corrected chi connectivity index (χ2v) is 24.6. The number of nitrogens with zero attached hydrogens (tertiary/aromatic N) is 8. The van der Waals surface area contributed by atoms with E-state index in [-0.39, 0.29) is 23.5 Å². The van der Waals surface area contributed by atoms with Crippen molar-refractivity contribution in [2.45, 2.75) is 120 Å². The lowest BCUT2D eigenvalue weighted by Crippen LogP contribution is -2.57. The number of hydrogen-bond donors (Lipinski definition) is 0. The van der Waals surface area contributed by atoms with E-state index in [1.807, 2.05) is 117 Å². The third kappa shape index (κ3) is 9.41. The first-order valence-electron chi connectivity index (χ1n) is 29.9. The van der Waals surface area contributed by atoms with E-state index in [4.69, 9.17) is 19.2 Å². The number of ether oxygens (including phenoxy) is 3. The molecule has 0 saturated heterocycles. The van der Waals surface area contributed by atoms with Crippen LogP contribution in [0.2, 0.25) is 0 Å². The lowest BCUT2D eigenvalue weighted by molar-refractivity contribution is -0.114. The largest absolute Gasteiger partial charge is 0.423 e. The van der Waals surface area contributed by atoms with Crippen LogP contribution >= 0.6 is 0 Å². The first-order chi connectivity index (χ1) is 41.6. The molecule has 6 aliphatic heterocycles. The Morgan fingerprint density at radius 3 is 1.11 bits per heavy atom. The summed E-state index contributed by atoms with van der Waals surface area (Å²) in [5.74, 6) is 2.61. The number of para-hydroxylation sites is 6. The summed E-state index contributed by atoms with van der Waals surface area (Å²) in [5, 5.41) is 20.8. The second-order valence-electron chi connectivity index (χ2n) is 24.6. The Kier molecular flexibility index (Phi) is 15.3. The third-order valence-corrected chi connectivity index (χ3v) is 17.5. The van der Waals surface area contributed by atoms with E-state index in [1.165, 1.54) is 22.3 Å². The van der Waals surface area contributed by atoms with Crippen molar-refractivity contribution in [2.24, 2.45) is 32.7 Å². The summed E-state index contributed by atoms with van der Waals surface area (Å²) in [6, 6.07) is 60.0. The molecule has 0 fully saturated rings. The highest BCUT2D eigenvalue weighted by atomic mass is 16.5. The molecule has 0 saturated carbocycles. The first kappa shape index (κ1) is 59.0. The minimum Gasteiger partial charge on any atom is -0.423 e. The van der Waals surface area contributed by atoms with Crippen molar-refractivity contribution in [3.05, 3.63) is 241 Å². The van der Waals surface area contributed by atoms with E-state index in [2.05, 4.69) is 175 Å². The Labute approximate surface area is 512 Å². The van der Waals surface area contributed by atoms with Gasteiger partial charge >= 0.3 is 18.1 Å². The number of aryl methyl sites for hydroxylation is 6. The number of carbonyl (C=O) groups is 1. The first-order valence-corrected chi connectivity index (χ1v) is 29.9. The summed E-state index contributed by atoms with van der Waals surface area (Å²) >= 11 is 0. The van der Waals surface area contributed by atoms with Gasteiger partial charge in [-0.3, -0.25) is 19.5 Å². The molecule has 438 valence electrons. The van der Waals surface area contributed by atoms with Gasteiger partial charge in [0.25, 0.3) is 0 Å². The topological polar surface area (TPSA) is 139 Å². The Morgan fingerprint density at radius 1 is 0.425 bits per heavy atom. The Bertz CT molecular complexity index is 4200. The van der Waals surface area contributed by atoms with Crippen LogP contribution in [0.4, 0.5) is 17.1 Å². The van der Waals surface area contributed by atoms with Gasteiger partial charge in [-0.1, -0.05) is 196 Å². The molecule has 3 atom stereocenters. The number of ketones is 1. The van der Waals surface area contributed by atoms with Crippen LogP contribution < -0.4 is 28.9 Å². The van der Waals surface area contributed by atoms with Crippen LogP contribution in [0.3, 0.4) is 0 Å². The lowest BCUT2D eigenvalue weighted by Gasteiger charge is -2.48. The quantitative estimate of drug-likeness (QED) is 0.145. The van der Waals surface area contributed by atoms with Crippen LogP contribution in [-0.2, 0) is 21.4 Å². The van der Waals surface area contributed by atoms with Gasteiger partial charge in [0.2, 0.25) is 0 Å². The highest BCUT2D eigenvalue weighted by Crippen LogP contribution is 2.57. The molecule has 3 unspecified atom stereocenters. The Morgan fingerprint density at radius 2 is 0.747 bits per heavy atom. The minimum atomic E-state index is -0.764. The van der Waals surface area contributed by atoms with Gasteiger partial charge in [-0.05, 0) is 133 Å². The van der Waals surface area contributed by atoms with Gasteiger partial charge < -0.3 is 14.2 Å². The van der Waals surface area contributed by atoms with E-state index in [9.17, 15) is 15.3 Å². The van der Waals surface area contributed by atoms with Crippen molar-refractivity contribution < 1.29 is 19.0 Å². The van der Waals surface area contributed by atoms with Crippen molar-refractivity contribution in [2.75, 3.05) is 14.7 Å². The summed E-state index contributed by atoms with van der Waals surface area (Å²) in [6.45, 7) is 31.0. The zero-order valence-electron chi connectivity index (χ0n) is 52.5. The van der Waals surface area contributed by atoms with Crippen molar-refractivity contribution >= 4 is 46.6 Å². The Hall–Kier alpha value is -9.78. The van der Waals surface area contributed by atoms with Gasteiger partial charge in [0, 0.05) is 11.1 Å². The number of anilines is 3. The smallest absolute Gasteiger partial charge is 0.304 e. The van der Waals surface area contributed by atoms with Crippen molar-refractivity contribution in [1.82, 2.24) is 0 Å². The second kappa shape index (κ2) is 22.6. The minimum absolute atomic E-state index is 0.0394. The summed E-state index contributed by atoms with van der Waals surface area (Å²) in [6.07, 6.45) is 0. The maximum atomic E-state index is 13.0. The van der Waals surface area contributed by atoms with Crippen molar-refractivity contribution in [3.8, 4) is 29.4 Å². The molecule has 0 aliphatic carbocycles. The van der Waals surface area contributed by atoms with E-state index in [0.717, 1.165) is 79.0 Å². The third-order valence-electron chi connectivity index (χ3n) is 17.5. The summed E-state index contributed by atoms with van der Waals surface area (Å²) in [4.78, 5) is 33.6. The van der Waals surface area contributed by atoms with Crippen LogP contribution in [-0.4, -0.2) is 23.8 Å². The molecular weight excluding hydrogens is 1080 g/mol. The van der Waals surface area contributed by atoms with Gasteiger partial charge in [0.15, 0.2) is 23.0 Å². The zero-order valence-corrected chi connectivity index (χ0v) is 52.5. The molecule has 0 bridgehead atoms. The average molecular weight is 1150 g/mol. The molecule has 0 spiro atoms. The molecule has 87 heavy (non-hydrogen) atoms. The fourth-order valence-electron chi connectivity index (χ4n) is 14.5. The lowest BCUT2D eigenvalue weighted by atomic mass is 9.69. The summed E-state index contributed by atoms with van der Waals surface area (Å²) in [7, 11) is 0. The number of amidine groups is 3. The van der Waals surface area contributed by atoms with Crippen molar-refractivity contribution in [3.63, 3.8) is 0 Å². The summed E-state index contributed by atoms with van der Waals surface area (Å²) in [5.41, 5.74) is 16.0. The van der Waals surface area contributed by atoms with Crippen LogP contribution in [0.5, 0.6) is 17.2 Å². The fourth-order valence-corrected chi connectivity index (χ4v) is 14.5. The fraction of sp³-hybridized carbons (Fsp3) is 0.280. The predicted octanol–water partition coefficient (Wildman–Crippen LogP) is 16.9. The molecule has 0 aromatic heterocycles. The standard InChI is InChI=1S/C28H25N3O.C24H26N2O2.C23H23N3O/c1-18(2)28(22-15-19(3)14-20(4)16-22)23(17-29)26(21-10-6-5-7-11-21)30-27-31(28)24-12-8-9-13-25(24)32-27;1-14(2)24(19-12-15(3)11-16(4)13-19)22(18(6)27)17(5)25-23-26(24)20-9-7-8-10-21(20)28-23;1-14(2)23(18-11-15(3)10-16(4)12-18)19(13-24)17(5)25-22-26(23)20-8-6-7-9-21(20)27-22/h5-16,18H,1-4H3;7-14H,1-6H3;6-12,14H,1-5H3. The SMILES string of the molecule is CC(=O)C1=C(C)N=C2Oc3ccccc3N2C1(c1cc(C)cc(C)c1)C(C)C.CC1=C(C#N)C(c2cc(C)cc(C)c2)(C(C)C)N2C(=N1)Oc1ccccc12.Cc1cc(C)cc(C2(C(C)C)C(C#N)=C(c3ccccc3)N=C3Oc4ccccc4N32)c1. The zero-order chi connectivity index (χ0) is 62.0. The average Bonchev–Trinajstić information content (AvgIpc) is 1.83. The maximum absolute atomic E-state index is 13.0. The number of Topliss-reactive ketones (excluding diaryl/α,β-unsaturated/α-hetero) is 1. The maximum Gasteiger partial charge on any atom is 0.304 e. The number of hydrogen-bond acceptors (Lipinski definition) is 12. The predicted molar refractivity (Wildman–Crippen MR) is 349 cm³/mol. The van der Waals surface area contributed by atoms with E-state index >= 15 is 0 Å². The number of benzene rings is 7. The number of rotatable bonds is 8. The molecule has 6 aliphatic rings. The van der Waals surface area contributed by atoms with E-state index in [1.54, 1.807) is 6.92 Å². The van der Waals surface area contributed by atoms with Gasteiger partial charge in [-0.25, -0.2) is 9.98 Å². The highest BCUT2D eigenvalue weighted by Gasteiger charge is 2.58. The van der Waals surface area contributed by atoms with Crippen LogP contribution in [0.1, 0.15) is 118 Å². The van der Waals surface area contributed by atoms with Gasteiger partial charge in [0.05, 0.1) is 57.4 Å². The van der Waals surface area contributed by atoms with Crippen LogP contribution in [0.25, 0.3) is 5.70 Å². The molecule has 0 N–H and O–H groups in total. The van der Waals surface area contributed by atoms with Crippen molar-refractivity contribution in [1.29, 1.82) is 10.5 Å². The molecule has 7 aromatic carbocycles. The number of carbonyl (C=O) groups excluding carboxylic acids is 1. The highest BCUT2D eigenvalue weighted by molar-refractivity contribution is 6.10. The van der Waals surface area contributed by atoms with Gasteiger partial charge in [-0.15, -0.1) is 0 Å². The molecule has 0 radical (unpaired) electrons. The van der Waals surface area contributed by atoms with Crippen LogP contribution in [0.15, 0.2) is 201 Å². The van der Waals surface area contributed by atoms with Gasteiger partial charge in [-0.2, -0.15) is 15.5 Å². The van der Waals surface area contributed by atoms with E-state index < -0.39 is 16.6 Å². The number of aliphatic imine (C=N–C) groups is 3. The normalized spacial score (nSPS) is 20.2. The van der Waals surface area contributed by atoms with Crippen LogP contribution in [0, 0.1) is 82.0 Å². The van der Waals surface area contributed by atoms with E-state index in [0.29, 0.717) is 40.6 Å². The molecule has 7 aromatic rings. The molecule has 13 rings (SSSR count). The molecule has 12 heteroatoms.